The highest BCUT2D eigenvalue weighted by molar-refractivity contribution is 5.89. The molecule has 0 heterocycles. The first-order valence-corrected chi connectivity index (χ1v) is 9.26. The monoisotopic (exact) mass is 337 g/mol. The molecule has 0 saturated heterocycles. The lowest BCUT2D eigenvalue weighted by atomic mass is 9.96. The highest BCUT2D eigenvalue weighted by Crippen LogP contribution is 2.26. The zero-order valence-electron chi connectivity index (χ0n) is 14.9. The molecule has 2 N–H and O–H groups in total. The number of hydrogen-bond acceptors (Lipinski definition) is 2. The summed E-state index contributed by atoms with van der Waals surface area (Å²) in [5, 5.41) is 6.03. The summed E-state index contributed by atoms with van der Waals surface area (Å²) in [4.78, 5) is 14.4. The molecule has 0 radical (unpaired) electrons. The lowest BCUT2D eigenvalue weighted by Gasteiger charge is -2.24. The number of para-hydroxylation sites is 1. The van der Waals surface area contributed by atoms with E-state index >= 15 is 0 Å². The number of amides is 2. The molecule has 3 rings (SSSR count). The van der Waals surface area contributed by atoms with Gasteiger partial charge in [0.05, 0.1) is 0 Å². The third-order valence-electron chi connectivity index (χ3n) is 4.76. The standard InChI is InChI=1S/C21H27N3O/c1-2-24(19-11-7-4-8-12-19)20-15-13-18(14-16-20)23-21(25)22-17-9-5-3-6-10-17/h4,7-8,11-17H,2-3,5-6,9-10H2,1H3,(H2,22,23,25). The quantitative estimate of drug-likeness (QED) is 0.777. The molecule has 132 valence electrons. The van der Waals surface area contributed by atoms with E-state index in [4.69, 9.17) is 0 Å². The molecule has 25 heavy (non-hydrogen) atoms. The molecule has 4 heteroatoms. The van der Waals surface area contributed by atoms with Crippen LogP contribution >= 0.6 is 0 Å². The van der Waals surface area contributed by atoms with Crippen molar-refractivity contribution in [3.8, 4) is 0 Å². The van der Waals surface area contributed by atoms with E-state index in [0.29, 0.717) is 6.04 Å². The van der Waals surface area contributed by atoms with Crippen LogP contribution in [0, 0.1) is 0 Å². The average Bonchev–Trinajstić information content (AvgIpc) is 2.65. The predicted molar refractivity (Wildman–Crippen MR) is 105 cm³/mol. The van der Waals surface area contributed by atoms with Gasteiger partial charge < -0.3 is 15.5 Å². The molecule has 0 aliphatic heterocycles. The fourth-order valence-electron chi connectivity index (χ4n) is 3.45. The maximum atomic E-state index is 12.1. The van der Waals surface area contributed by atoms with E-state index in [9.17, 15) is 4.79 Å². The van der Waals surface area contributed by atoms with E-state index < -0.39 is 0 Å². The highest BCUT2D eigenvalue weighted by atomic mass is 16.2. The van der Waals surface area contributed by atoms with Crippen molar-refractivity contribution >= 4 is 23.1 Å². The molecule has 4 nitrogen and oxygen atoms in total. The molecular weight excluding hydrogens is 310 g/mol. The molecule has 2 aromatic carbocycles. The Hall–Kier alpha value is -2.49. The van der Waals surface area contributed by atoms with Crippen LogP contribution in [-0.2, 0) is 0 Å². The topological polar surface area (TPSA) is 44.4 Å². The third kappa shape index (κ3) is 4.75. The Morgan fingerprint density at radius 3 is 2.24 bits per heavy atom. The predicted octanol–water partition coefficient (Wildman–Crippen LogP) is 5.30. The van der Waals surface area contributed by atoms with Crippen molar-refractivity contribution < 1.29 is 4.79 Å². The van der Waals surface area contributed by atoms with Gasteiger partial charge in [-0.3, -0.25) is 0 Å². The zero-order valence-corrected chi connectivity index (χ0v) is 14.9. The fraction of sp³-hybridized carbons (Fsp3) is 0.381. The second kappa shape index (κ2) is 8.56. The Morgan fingerprint density at radius 2 is 1.60 bits per heavy atom. The second-order valence-corrected chi connectivity index (χ2v) is 6.56. The second-order valence-electron chi connectivity index (χ2n) is 6.56. The van der Waals surface area contributed by atoms with Gasteiger partial charge in [0.1, 0.15) is 0 Å². The minimum absolute atomic E-state index is 0.102. The van der Waals surface area contributed by atoms with Gasteiger partial charge in [-0.15, -0.1) is 0 Å². The Morgan fingerprint density at radius 1 is 0.960 bits per heavy atom. The van der Waals surface area contributed by atoms with Gasteiger partial charge in [0.2, 0.25) is 0 Å². The lowest BCUT2D eigenvalue weighted by molar-refractivity contribution is 0.244. The van der Waals surface area contributed by atoms with Crippen LogP contribution in [0.3, 0.4) is 0 Å². The van der Waals surface area contributed by atoms with E-state index in [1.165, 1.54) is 24.9 Å². The van der Waals surface area contributed by atoms with Crippen LogP contribution in [-0.4, -0.2) is 18.6 Å². The number of benzene rings is 2. The van der Waals surface area contributed by atoms with Gasteiger partial charge in [-0.25, -0.2) is 4.79 Å². The molecule has 0 spiro atoms. The minimum atomic E-state index is -0.102. The summed E-state index contributed by atoms with van der Waals surface area (Å²) in [6, 6.07) is 18.6. The van der Waals surface area contributed by atoms with Crippen molar-refractivity contribution in [1.82, 2.24) is 5.32 Å². The number of nitrogens with one attached hydrogen (secondary N) is 2. The van der Waals surface area contributed by atoms with Crippen LogP contribution in [0.25, 0.3) is 0 Å². The maximum absolute atomic E-state index is 12.1. The molecule has 1 aliphatic carbocycles. The summed E-state index contributed by atoms with van der Waals surface area (Å²) in [6.45, 7) is 3.02. The molecule has 2 aromatic rings. The zero-order chi connectivity index (χ0) is 17.5. The maximum Gasteiger partial charge on any atom is 0.319 e. The Bertz CT molecular complexity index is 663. The van der Waals surface area contributed by atoms with Crippen molar-refractivity contribution in [3.63, 3.8) is 0 Å². The summed E-state index contributed by atoms with van der Waals surface area (Å²) in [5.41, 5.74) is 3.11. The summed E-state index contributed by atoms with van der Waals surface area (Å²) >= 11 is 0. The van der Waals surface area contributed by atoms with Crippen molar-refractivity contribution in [1.29, 1.82) is 0 Å². The fourth-order valence-corrected chi connectivity index (χ4v) is 3.45. The van der Waals surface area contributed by atoms with Gasteiger partial charge in [0.15, 0.2) is 0 Å². The normalized spacial score (nSPS) is 14.8. The van der Waals surface area contributed by atoms with Crippen molar-refractivity contribution in [2.75, 3.05) is 16.8 Å². The lowest BCUT2D eigenvalue weighted by Crippen LogP contribution is -2.39. The SMILES string of the molecule is CCN(c1ccccc1)c1ccc(NC(=O)NC2CCCCC2)cc1. The Kier molecular flexibility index (Phi) is 5.94. The van der Waals surface area contributed by atoms with Crippen LogP contribution in [0.15, 0.2) is 54.6 Å². The number of hydrogen-bond donors (Lipinski definition) is 2. The van der Waals surface area contributed by atoms with E-state index in [1.807, 2.05) is 42.5 Å². The summed E-state index contributed by atoms with van der Waals surface area (Å²) in [6.07, 6.45) is 5.90. The van der Waals surface area contributed by atoms with Gasteiger partial charge in [-0.05, 0) is 56.2 Å². The number of urea groups is 1. The van der Waals surface area contributed by atoms with E-state index in [-0.39, 0.29) is 6.03 Å². The molecule has 1 fully saturated rings. The number of nitrogens with zero attached hydrogens (tertiary/aromatic N) is 1. The molecular formula is C21H27N3O. The van der Waals surface area contributed by atoms with Gasteiger partial charge in [-0.2, -0.15) is 0 Å². The number of rotatable bonds is 5. The van der Waals surface area contributed by atoms with E-state index in [2.05, 4.69) is 34.6 Å². The number of carbonyl (C=O) groups excluding carboxylic acids is 1. The molecule has 2 amide bonds. The van der Waals surface area contributed by atoms with Gasteiger partial charge in [0, 0.05) is 29.6 Å². The molecule has 0 aromatic heterocycles. The first-order chi connectivity index (χ1) is 12.3. The Labute approximate surface area is 150 Å². The van der Waals surface area contributed by atoms with Crippen molar-refractivity contribution in [2.24, 2.45) is 0 Å². The van der Waals surface area contributed by atoms with Gasteiger partial charge >= 0.3 is 6.03 Å². The van der Waals surface area contributed by atoms with Gasteiger partial charge in [-0.1, -0.05) is 37.5 Å². The summed E-state index contributed by atoms with van der Waals surface area (Å²) in [7, 11) is 0. The van der Waals surface area contributed by atoms with Crippen molar-refractivity contribution in [3.05, 3.63) is 54.6 Å². The van der Waals surface area contributed by atoms with Crippen LogP contribution in [0.5, 0.6) is 0 Å². The van der Waals surface area contributed by atoms with E-state index in [0.717, 1.165) is 30.8 Å². The van der Waals surface area contributed by atoms with Crippen LogP contribution in [0.4, 0.5) is 21.9 Å². The first-order valence-electron chi connectivity index (χ1n) is 9.26. The molecule has 1 saturated carbocycles. The average molecular weight is 337 g/mol. The van der Waals surface area contributed by atoms with Crippen LogP contribution < -0.4 is 15.5 Å². The van der Waals surface area contributed by atoms with E-state index in [1.54, 1.807) is 0 Å². The third-order valence-corrected chi connectivity index (χ3v) is 4.76. The Balaban J connectivity index is 1.60. The highest BCUT2D eigenvalue weighted by Gasteiger charge is 2.15. The smallest absolute Gasteiger partial charge is 0.319 e. The largest absolute Gasteiger partial charge is 0.342 e. The summed E-state index contributed by atoms with van der Waals surface area (Å²) in [5.74, 6) is 0. The molecule has 0 atom stereocenters. The summed E-state index contributed by atoms with van der Waals surface area (Å²) < 4.78 is 0. The minimum Gasteiger partial charge on any atom is -0.342 e. The molecule has 0 bridgehead atoms. The van der Waals surface area contributed by atoms with Crippen molar-refractivity contribution in [2.45, 2.75) is 45.1 Å². The van der Waals surface area contributed by atoms with Crippen LogP contribution in [0.2, 0.25) is 0 Å². The molecule has 1 aliphatic rings. The number of anilines is 3. The first kappa shape index (κ1) is 17.3. The number of carbonyl (C=O) groups is 1. The van der Waals surface area contributed by atoms with Gasteiger partial charge in [0.25, 0.3) is 0 Å². The molecule has 0 unspecified atom stereocenters. The van der Waals surface area contributed by atoms with Crippen LogP contribution in [0.1, 0.15) is 39.0 Å².